The third kappa shape index (κ3) is 6.06. The summed E-state index contributed by atoms with van der Waals surface area (Å²) in [7, 11) is 0. The molecule has 6 heteroatoms. The molecule has 1 amide bonds. The number of nitriles is 1. The Kier molecular flexibility index (Phi) is 7.83. The van der Waals surface area contributed by atoms with Crippen molar-refractivity contribution < 1.29 is 14.3 Å². The first-order valence-electron chi connectivity index (χ1n) is 10.4. The number of amides is 1. The number of hydrogen-bond acceptors (Lipinski definition) is 5. The largest absolute Gasteiger partial charge is 0.481 e. The molecule has 1 fully saturated rings. The lowest BCUT2D eigenvalue weighted by Crippen LogP contribution is -2.50. The van der Waals surface area contributed by atoms with Crippen molar-refractivity contribution in [2.75, 3.05) is 32.8 Å². The van der Waals surface area contributed by atoms with Crippen molar-refractivity contribution >= 4 is 5.91 Å². The first-order chi connectivity index (χ1) is 14.6. The Balaban J connectivity index is 1.71. The fourth-order valence-corrected chi connectivity index (χ4v) is 3.58. The maximum absolute atomic E-state index is 13.4. The minimum Gasteiger partial charge on any atom is -0.481 e. The quantitative estimate of drug-likeness (QED) is 0.673. The van der Waals surface area contributed by atoms with Gasteiger partial charge in [-0.3, -0.25) is 9.69 Å². The Morgan fingerprint density at radius 2 is 1.80 bits per heavy atom. The Morgan fingerprint density at radius 1 is 1.13 bits per heavy atom. The van der Waals surface area contributed by atoms with E-state index in [0.29, 0.717) is 17.9 Å². The molecule has 1 aliphatic heterocycles. The van der Waals surface area contributed by atoms with Gasteiger partial charge >= 0.3 is 0 Å². The molecule has 0 aliphatic carbocycles. The minimum absolute atomic E-state index is 0.0304. The van der Waals surface area contributed by atoms with Crippen LogP contribution < -0.4 is 4.74 Å². The van der Waals surface area contributed by atoms with Crippen molar-refractivity contribution in [3.05, 3.63) is 65.7 Å². The van der Waals surface area contributed by atoms with E-state index < -0.39 is 6.10 Å². The van der Waals surface area contributed by atoms with Crippen molar-refractivity contribution in [3.63, 3.8) is 0 Å². The zero-order chi connectivity index (χ0) is 21.3. The lowest BCUT2D eigenvalue weighted by Gasteiger charge is -2.36. The first-order valence-corrected chi connectivity index (χ1v) is 10.4. The second kappa shape index (κ2) is 10.8. The number of carbonyl (C=O) groups excluding carboxylic acids is 1. The van der Waals surface area contributed by atoms with Crippen molar-refractivity contribution in [2.24, 2.45) is 0 Å². The number of nitrogens with zero attached hydrogens (tertiary/aromatic N) is 3. The summed E-state index contributed by atoms with van der Waals surface area (Å²) in [6.07, 6.45) is -0.631. The van der Waals surface area contributed by atoms with Crippen molar-refractivity contribution in [2.45, 2.75) is 32.5 Å². The number of morpholine rings is 1. The lowest BCUT2D eigenvalue weighted by molar-refractivity contribution is -0.141. The Labute approximate surface area is 178 Å². The van der Waals surface area contributed by atoms with Crippen molar-refractivity contribution in [1.82, 2.24) is 9.80 Å². The van der Waals surface area contributed by atoms with E-state index in [0.717, 1.165) is 38.4 Å². The molecule has 2 unspecified atom stereocenters. The normalized spacial score (nSPS) is 16.3. The molecule has 1 heterocycles. The van der Waals surface area contributed by atoms with E-state index in [1.165, 1.54) is 0 Å². The molecular formula is C24H29N3O3. The first kappa shape index (κ1) is 21.8. The molecule has 0 saturated carbocycles. The molecule has 1 aliphatic rings. The van der Waals surface area contributed by atoms with Crippen molar-refractivity contribution in [1.29, 1.82) is 5.26 Å². The highest BCUT2D eigenvalue weighted by Crippen LogP contribution is 2.17. The fraction of sp³-hybridized carbons (Fsp3) is 0.417. The SMILES string of the molecule is CC(Oc1ccc(C#N)cc1)C(=O)N(Cc1ccccc1)C(C)CN1CCOCC1. The van der Waals surface area contributed by atoms with Crippen LogP contribution in [0.4, 0.5) is 0 Å². The molecular weight excluding hydrogens is 378 g/mol. The van der Waals surface area contributed by atoms with Crippen LogP contribution in [-0.2, 0) is 16.1 Å². The van der Waals surface area contributed by atoms with Gasteiger partial charge in [-0.25, -0.2) is 0 Å². The fourth-order valence-electron chi connectivity index (χ4n) is 3.58. The number of ether oxygens (including phenoxy) is 2. The number of benzene rings is 2. The number of carbonyl (C=O) groups is 1. The average molecular weight is 408 g/mol. The predicted octanol–water partition coefficient (Wildman–Crippen LogP) is 3.08. The summed E-state index contributed by atoms with van der Waals surface area (Å²) in [5.74, 6) is 0.527. The minimum atomic E-state index is -0.631. The summed E-state index contributed by atoms with van der Waals surface area (Å²) in [6, 6.07) is 19.0. The summed E-state index contributed by atoms with van der Waals surface area (Å²) < 4.78 is 11.3. The highest BCUT2D eigenvalue weighted by molar-refractivity contribution is 5.81. The predicted molar refractivity (Wildman–Crippen MR) is 115 cm³/mol. The van der Waals surface area contributed by atoms with Gasteiger partial charge < -0.3 is 14.4 Å². The van der Waals surface area contributed by atoms with Crippen molar-refractivity contribution in [3.8, 4) is 11.8 Å². The maximum Gasteiger partial charge on any atom is 0.263 e. The van der Waals surface area contributed by atoms with Gasteiger partial charge in [0.25, 0.3) is 5.91 Å². The van der Waals surface area contributed by atoms with E-state index in [9.17, 15) is 4.79 Å². The van der Waals surface area contributed by atoms with Gasteiger partial charge in [-0.05, 0) is 43.7 Å². The highest BCUT2D eigenvalue weighted by Gasteiger charge is 2.28. The molecule has 0 aromatic heterocycles. The second-order valence-corrected chi connectivity index (χ2v) is 7.61. The van der Waals surface area contributed by atoms with Gasteiger partial charge in [0.15, 0.2) is 6.10 Å². The van der Waals surface area contributed by atoms with Crippen LogP contribution in [0.25, 0.3) is 0 Å². The van der Waals surface area contributed by atoms with E-state index in [2.05, 4.69) is 17.9 Å². The van der Waals surface area contributed by atoms with E-state index in [4.69, 9.17) is 14.7 Å². The highest BCUT2D eigenvalue weighted by atomic mass is 16.5. The van der Waals surface area contributed by atoms with Gasteiger partial charge in [-0.2, -0.15) is 5.26 Å². The smallest absolute Gasteiger partial charge is 0.263 e. The molecule has 6 nitrogen and oxygen atoms in total. The zero-order valence-corrected chi connectivity index (χ0v) is 17.7. The lowest BCUT2D eigenvalue weighted by atomic mass is 10.1. The van der Waals surface area contributed by atoms with Crippen LogP contribution in [0.5, 0.6) is 5.75 Å². The van der Waals surface area contributed by atoms with Gasteiger partial charge in [0, 0.05) is 32.2 Å². The molecule has 0 N–H and O–H groups in total. The van der Waals surface area contributed by atoms with Gasteiger partial charge in [-0.15, -0.1) is 0 Å². The zero-order valence-electron chi connectivity index (χ0n) is 17.7. The molecule has 2 aromatic carbocycles. The summed E-state index contributed by atoms with van der Waals surface area (Å²) in [4.78, 5) is 17.6. The van der Waals surface area contributed by atoms with E-state index in [-0.39, 0.29) is 11.9 Å². The number of rotatable bonds is 8. The summed E-state index contributed by atoms with van der Waals surface area (Å²) in [5.41, 5.74) is 1.65. The molecule has 0 bridgehead atoms. The standard InChI is InChI=1S/C24H29N3O3/c1-19(17-26-12-14-29-15-13-26)27(18-22-6-4-3-5-7-22)24(28)20(2)30-23-10-8-21(16-25)9-11-23/h3-11,19-20H,12-15,17-18H2,1-2H3. The summed E-state index contributed by atoms with van der Waals surface area (Å²) >= 11 is 0. The third-order valence-electron chi connectivity index (χ3n) is 5.28. The van der Waals surface area contributed by atoms with Crippen LogP contribution in [0.15, 0.2) is 54.6 Å². The molecule has 0 spiro atoms. The van der Waals surface area contributed by atoms with Crippen LogP contribution in [-0.4, -0.2) is 60.7 Å². The maximum atomic E-state index is 13.4. The van der Waals surface area contributed by atoms with Crippen LogP contribution in [0.1, 0.15) is 25.0 Å². The van der Waals surface area contributed by atoms with Gasteiger partial charge in [0.2, 0.25) is 0 Å². The molecule has 2 aromatic rings. The topological polar surface area (TPSA) is 65.8 Å². The Bertz CT molecular complexity index is 842. The third-order valence-corrected chi connectivity index (χ3v) is 5.28. The van der Waals surface area contributed by atoms with E-state index in [1.807, 2.05) is 35.2 Å². The molecule has 30 heavy (non-hydrogen) atoms. The number of hydrogen-bond donors (Lipinski definition) is 0. The van der Waals surface area contributed by atoms with Crippen LogP contribution >= 0.6 is 0 Å². The molecule has 158 valence electrons. The van der Waals surface area contributed by atoms with Gasteiger partial charge in [0.1, 0.15) is 5.75 Å². The molecule has 3 rings (SSSR count). The monoisotopic (exact) mass is 407 g/mol. The van der Waals surface area contributed by atoms with Gasteiger partial charge in [0.05, 0.1) is 24.8 Å². The van der Waals surface area contributed by atoms with Crippen LogP contribution in [0, 0.1) is 11.3 Å². The van der Waals surface area contributed by atoms with E-state index >= 15 is 0 Å². The van der Waals surface area contributed by atoms with Crippen LogP contribution in [0.2, 0.25) is 0 Å². The van der Waals surface area contributed by atoms with Crippen LogP contribution in [0.3, 0.4) is 0 Å². The second-order valence-electron chi connectivity index (χ2n) is 7.61. The average Bonchev–Trinajstić information content (AvgIpc) is 2.79. The molecule has 2 atom stereocenters. The molecule has 1 saturated heterocycles. The van der Waals surface area contributed by atoms with Gasteiger partial charge in [-0.1, -0.05) is 30.3 Å². The Hall–Kier alpha value is -2.88. The summed E-state index contributed by atoms with van der Waals surface area (Å²) in [5, 5.41) is 8.94. The summed E-state index contributed by atoms with van der Waals surface area (Å²) in [6.45, 7) is 8.43. The molecule has 0 radical (unpaired) electrons. The Morgan fingerprint density at radius 3 is 2.43 bits per heavy atom. The van der Waals surface area contributed by atoms with E-state index in [1.54, 1.807) is 31.2 Å².